The molecule has 1 aliphatic heterocycles. The van der Waals surface area contributed by atoms with Crippen molar-refractivity contribution in [3.8, 4) is 11.5 Å². The highest BCUT2D eigenvalue weighted by atomic mass is 35.5. The molecule has 3 aromatic carbocycles. The quantitative estimate of drug-likeness (QED) is 0.627. The number of hydrogen-bond donors (Lipinski definition) is 0. The van der Waals surface area contributed by atoms with Gasteiger partial charge in [0.15, 0.2) is 15.2 Å². The average molecular weight is 414 g/mol. The van der Waals surface area contributed by atoms with Crippen molar-refractivity contribution in [2.45, 2.75) is 5.37 Å². The zero-order chi connectivity index (χ0) is 19.7. The van der Waals surface area contributed by atoms with E-state index in [0.29, 0.717) is 27.8 Å². The molecule has 1 saturated heterocycles. The normalized spacial score (nSPS) is 18.2. The van der Waals surface area contributed by atoms with Gasteiger partial charge >= 0.3 is 0 Å². The molecule has 5 nitrogen and oxygen atoms in total. The molecular formula is C21H16ClNO4S. The molecule has 4 rings (SSSR count). The van der Waals surface area contributed by atoms with E-state index in [-0.39, 0.29) is 0 Å². The molecule has 1 atom stereocenters. The maximum Gasteiger partial charge on any atom is 0.243 e. The maximum atomic E-state index is 12.7. The van der Waals surface area contributed by atoms with Crippen LogP contribution in [0.15, 0.2) is 78.9 Å². The summed E-state index contributed by atoms with van der Waals surface area (Å²) in [6.07, 6.45) is 0. The average Bonchev–Trinajstić information content (AvgIpc) is 2.92. The van der Waals surface area contributed by atoms with E-state index in [1.807, 2.05) is 30.3 Å². The molecular weight excluding hydrogens is 398 g/mol. The largest absolute Gasteiger partial charge is 0.457 e. The Balaban J connectivity index is 1.69. The number of ether oxygens (including phenoxy) is 1. The first-order valence-corrected chi connectivity index (χ1v) is 10.7. The lowest BCUT2D eigenvalue weighted by Crippen LogP contribution is -2.29. The fourth-order valence-corrected chi connectivity index (χ4v) is 5.19. The van der Waals surface area contributed by atoms with Crippen molar-refractivity contribution in [1.29, 1.82) is 0 Å². The van der Waals surface area contributed by atoms with E-state index < -0.39 is 26.9 Å². The van der Waals surface area contributed by atoms with Gasteiger partial charge in [0.05, 0.1) is 10.7 Å². The van der Waals surface area contributed by atoms with Gasteiger partial charge in [-0.15, -0.1) is 0 Å². The van der Waals surface area contributed by atoms with Crippen LogP contribution < -0.4 is 9.64 Å². The summed E-state index contributed by atoms with van der Waals surface area (Å²) in [4.78, 5) is 13.8. The zero-order valence-corrected chi connectivity index (χ0v) is 16.2. The molecule has 0 aromatic heterocycles. The second kappa shape index (κ2) is 7.30. The molecule has 0 radical (unpaired) electrons. The Morgan fingerprint density at radius 1 is 0.857 bits per heavy atom. The number of nitrogens with zero attached hydrogens (tertiary/aromatic N) is 1. The number of para-hydroxylation sites is 2. The lowest BCUT2D eigenvalue weighted by atomic mass is 10.1. The van der Waals surface area contributed by atoms with Gasteiger partial charge in [0.1, 0.15) is 17.3 Å². The number of sulfone groups is 1. The van der Waals surface area contributed by atoms with Gasteiger partial charge in [0.2, 0.25) is 5.91 Å². The van der Waals surface area contributed by atoms with Crippen LogP contribution in [0, 0.1) is 0 Å². The molecule has 0 bridgehead atoms. The van der Waals surface area contributed by atoms with Crippen LogP contribution >= 0.6 is 11.6 Å². The van der Waals surface area contributed by atoms with Crippen LogP contribution in [-0.2, 0) is 14.6 Å². The molecule has 0 spiro atoms. The highest BCUT2D eigenvalue weighted by molar-refractivity contribution is 7.93. The SMILES string of the molecule is O=C1CS(=O)(=O)[C@H](c2ccc(Oc3ccccc3)cc2)N1c1ccccc1Cl. The lowest BCUT2D eigenvalue weighted by Gasteiger charge is -2.24. The number of benzene rings is 3. The molecule has 28 heavy (non-hydrogen) atoms. The first-order chi connectivity index (χ1) is 13.5. The van der Waals surface area contributed by atoms with E-state index in [1.54, 1.807) is 48.5 Å². The fourth-order valence-electron chi connectivity index (χ4n) is 3.20. The molecule has 1 fully saturated rings. The second-order valence-electron chi connectivity index (χ2n) is 6.36. The fraction of sp³-hybridized carbons (Fsp3) is 0.0952. The van der Waals surface area contributed by atoms with Gasteiger partial charge < -0.3 is 4.74 Å². The minimum absolute atomic E-state index is 0.321. The van der Waals surface area contributed by atoms with Crippen molar-refractivity contribution in [1.82, 2.24) is 0 Å². The van der Waals surface area contributed by atoms with Gasteiger partial charge in [-0.1, -0.05) is 54.1 Å². The monoisotopic (exact) mass is 413 g/mol. The van der Waals surface area contributed by atoms with Crippen LogP contribution in [0.2, 0.25) is 5.02 Å². The van der Waals surface area contributed by atoms with Crippen molar-refractivity contribution in [3.05, 3.63) is 89.4 Å². The number of rotatable bonds is 4. The van der Waals surface area contributed by atoms with E-state index in [2.05, 4.69) is 0 Å². The van der Waals surface area contributed by atoms with Crippen molar-refractivity contribution in [2.75, 3.05) is 10.7 Å². The van der Waals surface area contributed by atoms with Gasteiger partial charge in [0.25, 0.3) is 0 Å². The molecule has 1 aliphatic rings. The Kier molecular flexibility index (Phi) is 4.83. The smallest absolute Gasteiger partial charge is 0.243 e. The minimum Gasteiger partial charge on any atom is -0.457 e. The number of hydrogen-bond acceptors (Lipinski definition) is 4. The third kappa shape index (κ3) is 3.48. The first-order valence-electron chi connectivity index (χ1n) is 8.57. The van der Waals surface area contributed by atoms with E-state index >= 15 is 0 Å². The Bertz CT molecular complexity index is 1110. The van der Waals surface area contributed by atoms with Crippen LogP contribution in [0.25, 0.3) is 0 Å². The summed E-state index contributed by atoms with van der Waals surface area (Å²) in [6, 6.07) is 22.7. The predicted molar refractivity (Wildman–Crippen MR) is 108 cm³/mol. The summed E-state index contributed by atoms with van der Waals surface area (Å²) < 4.78 is 31.2. The van der Waals surface area contributed by atoms with Crippen molar-refractivity contribution >= 4 is 33.0 Å². The summed E-state index contributed by atoms with van der Waals surface area (Å²) in [5, 5.41) is -0.798. The van der Waals surface area contributed by atoms with Gasteiger partial charge in [-0.25, -0.2) is 8.42 Å². The summed E-state index contributed by atoms with van der Waals surface area (Å²) in [5.74, 6) is 0.200. The molecule has 0 saturated carbocycles. The predicted octanol–water partition coefficient (Wildman–Crippen LogP) is 4.59. The standard InChI is InChI=1S/C21H16ClNO4S/c22-18-8-4-5-9-19(18)23-20(24)14-28(25,26)21(23)15-10-12-17(13-11-15)27-16-6-2-1-3-7-16/h1-13,21H,14H2/t21-/m1/s1. The van der Waals surface area contributed by atoms with Crippen LogP contribution in [-0.4, -0.2) is 20.1 Å². The highest BCUT2D eigenvalue weighted by Gasteiger charge is 2.46. The molecule has 7 heteroatoms. The Morgan fingerprint density at radius 2 is 1.46 bits per heavy atom. The van der Waals surface area contributed by atoms with Crippen LogP contribution in [0.5, 0.6) is 11.5 Å². The summed E-state index contributed by atoms with van der Waals surface area (Å²) in [7, 11) is -3.70. The first kappa shape index (κ1) is 18.5. The number of halogens is 1. The Hall–Kier alpha value is -2.83. The van der Waals surface area contributed by atoms with E-state index in [1.165, 1.54) is 4.90 Å². The summed E-state index contributed by atoms with van der Waals surface area (Å²) >= 11 is 6.22. The molecule has 3 aromatic rings. The maximum absolute atomic E-state index is 12.7. The molecule has 1 heterocycles. The topological polar surface area (TPSA) is 63.7 Å². The van der Waals surface area contributed by atoms with Gasteiger partial charge in [-0.3, -0.25) is 9.69 Å². The van der Waals surface area contributed by atoms with Crippen molar-refractivity contribution in [3.63, 3.8) is 0 Å². The van der Waals surface area contributed by atoms with Crippen molar-refractivity contribution < 1.29 is 17.9 Å². The summed E-state index contributed by atoms with van der Waals surface area (Å²) in [5.41, 5.74) is 0.857. The van der Waals surface area contributed by atoms with E-state index in [0.717, 1.165) is 0 Å². The molecule has 0 aliphatic carbocycles. The number of anilines is 1. The van der Waals surface area contributed by atoms with Crippen LogP contribution in [0.1, 0.15) is 10.9 Å². The highest BCUT2D eigenvalue weighted by Crippen LogP contribution is 2.40. The minimum atomic E-state index is -3.70. The zero-order valence-electron chi connectivity index (χ0n) is 14.7. The Labute approximate surface area is 168 Å². The van der Waals surface area contributed by atoms with Gasteiger partial charge in [0, 0.05) is 0 Å². The molecule has 0 unspecified atom stereocenters. The van der Waals surface area contributed by atoms with E-state index in [9.17, 15) is 13.2 Å². The number of amides is 1. The second-order valence-corrected chi connectivity index (χ2v) is 8.83. The van der Waals surface area contributed by atoms with Gasteiger partial charge in [-0.05, 0) is 42.0 Å². The third-order valence-electron chi connectivity index (χ3n) is 4.42. The lowest BCUT2D eigenvalue weighted by molar-refractivity contribution is -0.115. The molecule has 1 amide bonds. The molecule has 0 N–H and O–H groups in total. The number of carbonyl (C=O) groups is 1. The number of carbonyl (C=O) groups excluding carboxylic acids is 1. The third-order valence-corrected chi connectivity index (χ3v) is 6.56. The van der Waals surface area contributed by atoms with Gasteiger partial charge in [-0.2, -0.15) is 0 Å². The van der Waals surface area contributed by atoms with Crippen molar-refractivity contribution in [2.24, 2.45) is 0 Å². The molecule has 142 valence electrons. The van der Waals surface area contributed by atoms with Crippen LogP contribution in [0.4, 0.5) is 5.69 Å². The van der Waals surface area contributed by atoms with Crippen LogP contribution in [0.3, 0.4) is 0 Å². The summed E-state index contributed by atoms with van der Waals surface area (Å²) in [6.45, 7) is 0. The van der Waals surface area contributed by atoms with E-state index in [4.69, 9.17) is 16.3 Å². The Morgan fingerprint density at radius 3 is 2.14 bits per heavy atom.